The van der Waals surface area contributed by atoms with Crippen LogP contribution in [0.4, 0.5) is 26.1 Å². The molecule has 0 aliphatic rings. The smallest absolute Gasteiger partial charge is 0.160 e. The molecule has 6 heteroatoms. The van der Waals surface area contributed by atoms with Gasteiger partial charge in [-0.2, -0.15) is 0 Å². The molecule has 0 spiro atoms. The van der Waals surface area contributed by atoms with Crippen LogP contribution >= 0.6 is 0 Å². The minimum Gasteiger partial charge on any atom is -0.370 e. The molecule has 0 aliphatic heterocycles. The van der Waals surface area contributed by atoms with Gasteiger partial charge in [-0.25, -0.2) is 18.7 Å². The molecule has 1 aromatic heterocycles. The number of hydrogen-bond acceptors (Lipinski definition) is 4. The molecule has 0 atom stereocenters. The first kappa shape index (κ1) is 14.2. The zero-order chi connectivity index (χ0) is 14.7. The highest BCUT2D eigenvalue weighted by atomic mass is 19.2. The Bertz CT molecular complexity index is 629. The predicted molar refractivity (Wildman–Crippen MR) is 75.3 cm³/mol. The SMILES string of the molecule is CCNc1nc(C)nc(Nc2ccc(F)c(F)c2)c1C. The van der Waals surface area contributed by atoms with Crippen molar-refractivity contribution in [2.75, 3.05) is 17.2 Å². The normalized spacial score (nSPS) is 10.4. The molecular weight excluding hydrogens is 262 g/mol. The van der Waals surface area contributed by atoms with Crippen LogP contribution < -0.4 is 10.6 Å². The first-order chi connectivity index (χ1) is 9.51. The lowest BCUT2D eigenvalue weighted by Gasteiger charge is -2.13. The second-order valence-corrected chi connectivity index (χ2v) is 4.38. The number of hydrogen-bond donors (Lipinski definition) is 2. The highest BCUT2D eigenvalue weighted by Gasteiger charge is 2.10. The summed E-state index contributed by atoms with van der Waals surface area (Å²) in [5.74, 6) is 0.117. The zero-order valence-electron chi connectivity index (χ0n) is 11.6. The Labute approximate surface area is 116 Å². The van der Waals surface area contributed by atoms with Gasteiger partial charge in [-0.05, 0) is 32.9 Å². The second kappa shape index (κ2) is 5.81. The van der Waals surface area contributed by atoms with Gasteiger partial charge in [0.15, 0.2) is 11.6 Å². The third-order valence-corrected chi connectivity index (χ3v) is 2.78. The molecule has 0 saturated heterocycles. The van der Waals surface area contributed by atoms with E-state index in [0.29, 0.717) is 17.3 Å². The average molecular weight is 278 g/mol. The maximum atomic E-state index is 13.2. The van der Waals surface area contributed by atoms with E-state index < -0.39 is 11.6 Å². The van der Waals surface area contributed by atoms with E-state index in [1.54, 1.807) is 6.92 Å². The number of benzene rings is 1. The van der Waals surface area contributed by atoms with Crippen molar-refractivity contribution in [3.8, 4) is 0 Å². The van der Waals surface area contributed by atoms with Crippen LogP contribution in [0.1, 0.15) is 18.3 Å². The summed E-state index contributed by atoms with van der Waals surface area (Å²) in [7, 11) is 0. The molecule has 2 aromatic rings. The van der Waals surface area contributed by atoms with Crippen LogP contribution in [0.2, 0.25) is 0 Å². The number of aromatic nitrogens is 2. The summed E-state index contributed by atoms with van der Waals surface area (Å²) in [4.78, 5) is 8.58. The van der Waals surface area contributed by atoms with E-state index in [-0.39, 0.29) is 0 Å². The molecule has 4 nitrogen and oxygen atoms in total. The van der Waals surface area contributed by atoms with Crippen LogP contribution in [0.5, 0.6) is 0 Å². The number of halogens is 2. The Hall–Kier alpha value is -2.24. The van der Waals surface area contributed by atoms with Gasteiger partial charge in [-0.3, -0.25) is 0 Å². The van der Waals surface area contributed by atoms with Crippen molar-refractivity contribution in [1.29, 1.82) is 0 Å². The maximum Gasteiger partial charge on any atom is 0.160 e. The zero-order valence-corrected chi connectivity index (χ0v) is 11.6. The fraction of sp³-hybridized carbons (Fsp3) is 0.286. The van der Waals surface area contributed by atoms with Crippen LogP contribution in [-0.4, -0.2) is 16.5 Å². The number of anilines is 3. The molecule has 1 heterocycles. The van der Waals surface area contributed by atoms with E-state index >= 15 is 0 Å². The van der Waals surface area contributed by atoms with Gasteiger partial charge in [0.2, 0.25) is 0 Å². The van der Waals surface area contributed by atoms with E-state index in [1.165, 1.54) is 6.07 Å². The van der Waals surface area contributed by atoms with Gasteiger partial charge in [0.05, 0.1) is 0 Å². The fourth-order valence-corrected chi connectivity index (χ4v) is 1.80. The van der Waals surface area contributed by atoms with Gasteiger partial charge in [0.25, 0.3) is 0 Å². The molecule has 0 unspecified atom stereocenters. The second-order valence-electron chi connectivity index (χ2n) is 4.38. The van der Waals surface area contributed by atoms with Crippen LogP contribution in [0.15, 0.2) is 18.2 Å². The van der Waals surface area contributed by atoms with Crippen LogP contribution in [0.25, 0.3) is 0 Å². The summed E-state index contributed by atoms with van der Waals surface area (Å²) < 4.78 is 26.1. The molecule has 0 amide bonds. The summed E-state index contributed by atoms with van der Waals surface area (Å²) in [5.41, 5.74) is 1.26. The predicted octanol–water partition coefficient (Wildman–Crippen LogP) is 3.55. The van der Waals surface area contributed by atoms with E-state index in [0.717, 1.165) is 30.1 Å². The molecular formula is C14H16F2N4. The Kier molecular flexibility index (Phi) is 4.12. The summed E-state index contributed by atoms with van der Waals surface area (Å²) in [5, 5.41) is 6.12. The van der Waals surface area contributed by atoms with Crippen LogP contribution in [0.3, 0.4) is 0 Å². The Morgan fingerprint density at radius 1 is 1.05 bits per heavy atom. The van der Waals surface area contributed by atoms with E-state index in [4.69, 9.17) is 0 Å². The van der Waals surface area contributed by atoms with Gasteiger partial charge in [0.1, 0.15) is 17.5 Å². The van der Waals surface area contributed by atoms with Crippen molar-refractivity contribution >= 4 is 17.3 Å². The third-order valence-electron chi connectivity index (χ3n) is 2.78. The van der Waals surface area contributed by atoms with E-state index in [1.807, 2.05) is 13.8 Å². The molecule has 2 rings (SSSR count). The summed E-state index contributed by atoms with van der Waals surface area (Å²) in [6.07, 6.45) is 0. The molecule has 0 radical (unpaired) electrons. The lowest BCUT2D eigenvalue weighted by molar-refractivity contribution is 0.509. The molecule has 106 valence electrons. The van der Waals surface area contributed by atoms with Gasteiger partial charge >= 0.3 is 0 Å². The Morgan fingerprint density at radius 2 is 1.75 bits per heavy atom. The topological polar surface area (TPSA) is 49.8 Å². The first-order valence-electron chi connectivity index (χ1n) is 6.32. The van der Waals surface area contributed by atoms with Crippen molar-refractivity contribution in [1.82, 2.24) is 9.97 Å². The first-order valence-corrected chi connectivity index (χ1v) is 6.32. The lowest BCUT2D eigenvalue weighted by Crippen LogP contribution is -2.07. The maximum absolute atomic E-state index is 13.2. The summed E-state index contributed by atoms with van der Waals surface area (Å²) >= 11 is 0. The third kappa shape index (κ3) is 3.01. The van der Waals surface area contributed by atoms with Gasteiger partial charge < -0.3 is 10.6 Å². The molecule has 0 fully saturated rings. The average Bonchev–Trinajstić information content (AvgIpc) is 2.39. The standard InChI is InChI=1S/C14H16F2N4/c1-4-17-13-8(2)14(19-9(3)18-13)20-10-5-6-11(15)12(16)7-10/h5-7H,4H2,1-3H3,(H2,17,18,19,20). The van der Waals surface area contributed by atoms with Gasteiger partial charge in [-0.1, -0.05) is 0 Å². The van der Waals surface area contributed by atoms with Crippen LogP contribution in [0, 0.1) is 25.5 Å². The Balaban J connectivity index is 2.35. The van der Waals surface area contributed by atoms with E-state index in [9.17, 15) is 8.78 Å². The summed E-state index contributed by atoms with van der Waals surface area (Å²) in [6.45, 7) is 6.34. The van der Waals surface area contributed by atoms with Crippen molar-refractivity contribution in [2.45, 2.75) is 20.8 Å². The number of aryl methyl sites for hydroxylation is 1. The van der Waals surface area contributed by atoms with Crippen molar-refractivity contribution in [2.24, 2.45) is 0 Å². The highest BCUT2D eigenvalue weighted by molar-refractivity contribution is 5.64. The number of rotatable bonds is 4. The van der Waals surface area contributed by atoms with E-state index in [2.05, 4.69) is 20.6 Å². The lowest BCUT2D eigenvalue weighted by atomic mass is 10.2. The molecule has 0 bridgehead atoms. The molecule has 0 aliphatic carbocycles. The summed E-state index contributed by atoms with van der Waals surface area (Å²) in [6, 6.07) is 3.63. The molecule has 1 aromatic carbocycles. The molecule has 20 heavy (non-hydrogen) atoms. The molecule has 2 N–H and O–H groups in total. The minimum atomic E-state index is -0.898. The van der Waals surface area contributed by atoms with Crippen molar-refractivity contribution in [3.63, 3.8) is 0 Å². The van der Waals surface area contributed by atoms with Gasteiger partial charge in [0, 0.05) is 23.9 Å². The fourth-order valence-electron chi connectivity index (χ4n) is 1.80. The number of nitrogens with zero attached hydrogens (tertiary/aromatic N) is 2. The van der Waals surface area contributed by atoms with Crippen LogP contribution in [-0.2, 0) is 0 Å². The van der Waals surface area contributed by atoms with Gasteiger partial charge in [-0.15, -0.1) is 0 Å². The molecule has 0 saturated carbocycles. The van der Waals surface area contributed by atoms with Crippen molar-refractivity contribution < 1.29 is 8.78 Å². The number of nitrogens with one attached hydrogen (secondary N) is 2. The largest absolute Gasteiger partial charge is 0.370 e. The van der Waals surface area contributed by atoms with Crippen molar-refractivity contribution in [3.05, 3.63) is 41.2 Å². The highest BCUT2D eigenvalue weighted by Crippen LogP contribution is 2.24. The minimum absolute atomic E-state index is 0.438. The quantitative estimate of drug-likeness (QED) is 0.898. The monoisotopic (exact) mass is 278 g/mol. The Morgan fingerprint density at radius 3 is 2.40 bits per heavy atom.